The molecule has 0 aliphatic rings. The van der Waals surface area contributed by atoms with E-state index in [1.807, 2.05) is 0 Å². The Kier molecular flexibility index (Phi) is 4.93. The number of phenols is 2. The predicted octanol–water partition coefficient (Wildman–Crippen LogP) is 2.59. The number of phenolic OH excluding ortho intramolecular Hbond substituents is 2. The van der Waals surface area contributed by atoms with E-state index in [0.29, 0.717) is 12.0 Å². The Morgan fingerprint density at radius 1 is 1.18 bits per heavy atom. The summed E-state index contributed by atoms with van der Waals surface area (Å²) in [5, 5.41) is 23.4. The van der Waals surface area contributed by atoms with Crippen LogP contribution in [0.5, 0.6) is 11.5 Å². The molecule has 0 heterocycles. The monoisotopic (exact) mass is 296 g/mol. The summed E-state index contributed by atoms with van der Waals surface area (Å²) in [6.07, 6.45) is 3.58. The minimum absolute atomic E-state index is 0.1000. The fourth-order valence-electron chi connectivity index (χ4n) is 1.92. The van der Waals surface area contributed by atoms with Gasteiger partial charge in [-0.3, -0.25) is 4.79 Å². The zero-order valence-electron chi connectivity index (χ0n) is 11.9. The Morgan fingerprint density at radius 3 is 2.68 bits per heavy atom. The number of nitrogens with one attached hydrogen (secondary N) is 1. The van der Waals surface area contributed by atoms with Crippen LogP contribution in [0.4, 0.5) is 0 Å². The van der Waals surface area contributed by atoms with Crippen LogP contribution in [0, 0.1) is 0 Å². The standard InChI is InChI=1S/C17H16N2O3/c1-2-6-12-7-5-8-13(16(12)21)11-18-19-17(22)14-9-3-4-10-15(14)20/h2-5,7-11,20-21H,1,6H2,(H,19,22)/b18-11+. The van der Waals surface area contributed by atoms with Crippen molar-refractivity contribution in [2.24, 2.45) is 5.10 Å². The van der Waals surface area contributed by atoms with E-state index in [1.54, 1.807) is 36.4 Å². The second-order valence-corrected chi connectivity index (χ2v) is 4.56. The van der Waals surface area contributed by atoms with Crippen LogP contribution in [0.2, 0.25) is 0 Å². The van der Waals surface area contributed by atoms with Gasteiger partial charge in [0.15, 0.2) is 0 Å². The summed E-state index contributed by atoms with van der Waals surface area (Å²) in [7, 11) is 0. The van der Waals surface area contributed by atoms with Crippen LogP contribution in [0.3, 0.4) is 0 Å². The van der Waals surface area contributed by atoms with Crippen molar-refractivity contribution < 1.29 is 15.0 Å². The summed E-state index contributed by atoms with van der Waals surface area (Å²) < 4.78 is 0. The number of allylic oxidation sites excluding steroid dienone is 1. The van der Waals surface area contributed by atoms with Crippen molar-refractivity contribution in [3.8, 4) is 11.5 Å². The van der Waals surface area contributed by atoms with Crippen molar-refractivity contribution >= 4 is 12.1 Å². The zero-order valence-corrected chi connectivity index (χ0v) is 11.9. The lowest BCUT2D eigenvalue weighted by atomic mass is 10.1. The first-order chi connectivity index (χ1) is 10.6. The molecule has 0 saturated carbocycles. The quantitative estimate of drug-likeness (QED) is 0.450. The molecule has 0 spiro atoms. The number of hydrogen-bond acceptors (Lipinski definition) is 4. The van der Waals surface area contributed by atoms with Crippen molar-refractivity contribution in [3.05, 3.63) is 71.8 Å². The number of nitrogens with zero attached hydrogens (tertiary/aromatic N) is 1. The van der Waals surface area contributed by atoms with E-state index in [2.05, 4.69) is 17.1 Å². The van der Waals surface area contributed by atoms with E-state index in [0.717, 1.165) is 5.56 Å². The van der Waals surface area contributed by atoms with E-state index in [9.17, 15) is 15.0 Å². The third-order valence-electron chi connectivity index (χ3n) is 3.03. The van der Waals surface area contributed by atoms with Gasteiger partial charge < -0.3 is 10.2 Å². The maximum atomic E-state index is 11.8. The maximum Gasteiger partial charge on any atom is 0.275 e. The molecule has 22 heavy (non-hydrogen) atoms. The average molecular weight is 296 g/mol. The molecule has 1 amide bonds. The van der Waals surface area contributed by atoms with Gasteiger partial charge in [-0.1, -0.05) is 30.3 Å². The summed E-state index contributed by atoms with van der Waals surface area (Å²) in [5.41, 5.74) is 3.65. The fraction of sp³-hybridized carbons (Fsp3) is 0.0588. The number of carbonyl (C=O) groups excluding carboxylic acids is 1. The number of hydrazone groups is 1. The largest absolute Gasteiger partial charge is 0.507 e. The second-order valence-electron chi connectivity index (χ2n) is 4.56. The highest BCUT2D eigenvalue weighted by Crippen LogP contribution is 2.21. The Morgan fingerprint density at radius 2 is 1.95 bits per heavy atom. The summed E-state index contributed by atoms with van der Waals surface area (Å²) in [6, 6.07) is 11.4. The van der Waals surface area contributed by atoms with Crippen LogP contribution in [0.15, 0.2) is 60.2 Å². The second kappa shape index (κ2) is 7.08. The van der Waals surface area contributed by atoms with Crippen LogP contribution in [-0.2, 0) is 6.42 Å². The van der Waals surface area contributed by atoms with Gasteiger partial charge in [0, 0.05) is 5.56 Å². The van der Waals surface area contributed by atoms with Gasteiger partial charge in [0.25, 0.3) is 5.91 Å². The molecule has 0 aliphatic carbocycles. The Balaban J connectivity index is 2.10. The molecule has 112 valence electrons. The van der Waals surface area contributed by atoms with Crippen LogP contribution in [0.25, 0.3) is 0 Å². The minimum Gasteiger partial charge on any atom is -0.507 e. The van der Waals surface area contributed by atoms with Gasteiger partial charge in [-0.05, 0) is 30.2 Å². The number of rotatable bonds is 5. The molecule has 0 bridgehead atoms. The molecule has 0 fully saturated rings. The molecular weight excluding hydrogens is 280 g/mol. The molecule has 5 nitrogen and oxygen atoms in total. The summed E-state index contributed by atoms with van der Waals surface area (Å²) in [6.45, 7) is 3.63. The maximum absolute atomic E-state index is 11.8. The summed E-state index contributed by atoms with van der Waals surface area (Å²) in [4.78, 5) is 11.8. The number of aromatic hydroxyl groups is 2. The van der Waals surface area contributed by atoms with Crippen molar-refractivity contribution in [2.75, 3.05) is 0 Å². The van der Waals surface area contributed by atoms with Gasteiger partial charge in [-0.25, -0.2) is 5.43 Å². The highest BCUT2D eigenvalue weighted by molar-refractivity contribution is 5.97. The lowest BCUT2D eigenvalue weighted by Gasteiger charge is -2.05. The fourth-order valence-corrected chi connectivity index (χ4v) is 1.92. The molecular formula is C17H16N2O3. The third-order valence-corrected chi connectivity index (χ3v) is 3.03. The molecule has 2 aromatic rings. The normalized spacial score (nSPS) is 10.5. The van der Waals surface area contributed by atoms with E-state index in [-0.39, 0.29) is 17.1 Å². The van der Waals surface area contributed by atoms with Crippen LogP contribution in [-0.4, -0.2) is 22.3 Å². The number of para-hydroxylation sites is 2. The zero-order chi connectivity index (χ0) is 15.9. The molecule has 2 rings (SSSR count). The van der Waals surface area contributed by atoms with Crippen molar-refractivity contribution in [1.29, 1.82) is 0 Å². The Bertz CT molecular complexity index is 724. The van der Waals surface area contributed by atoms with Gasteiger partial charge in [-0.15, -0.1) is 6.58 Å². The van der Waals surface area contributed by atoms with Gasteiger partial charge >= 0.3 is 0 Å². The van der Waals surface area contributed by atoms with E-state index >= 15 is 0 Å². The van der Waals surface area contributed by atoms with E-state index in [1.165, 1.54) is 18.3 Å². The van der Waals surface area contributed by atoms with E-state index < -0.39 is 5.91 Å². The van der Waals surface area contributed by atoms with Gasteiger partial charge in [0.2, 0.25) is 0 Å². The SMILES string of the molecule is C=CCc1cccc(/C=N/NC(=O)c2ccccc2O)c1O. The molecule has 0 aliphatic heterocycles. The van der Waals surface area contributed by atoms with Crippen LogP contribution < -0.4 is 5.43 Å². The lowest BCUT2D eigenvalue weighted by Crippen LogP contribution is -2.17. The summed E-state index contributed by atoms with van der Waals surface area (Å²) >= 11 is 0. The summed E-state index contributed by atoms with van der Waals surface area (Å²) in [5.74, 6) is -0.551. The average Bonchev–Trinajstić information content (AvgIpc) is 2.51. The number of amides is 1. The first kappa shape index (κ1) is 15.3. The van der Waals surface area contributed by atoms with Gasteiger partial charge in [0.05, 0.1) is 11.8 Å². The molecule has 3 N–H and O–H groups in total. The highest BCUT2D eigenvalue weighted by atomic mass is 16.3. The van der Waals surface area contributed by atoms with Crippen molar-refractivity contribution in [3.63, 3.8) is 0 Å². The number of benzene rings is 2. The molecule has 0 radical (unpaired) electrons. The molecule has 2 aromatic carbocycles. The van der Waals surface area contributed by atoms with Crippen molar-refractivity contribution in [2.45, 2.75) is 6.42 Å². The first-order valence-electron chi connectivity index (χ1n) is 6.66. The smallest absolute Gasteiger partial charge is 0.275 e. The topological polar surface area (TPSA) is 81.9 Å². The minimum atomic E-state index is -0.531. The predicted molar refractivity (Wildman–Crippen MR) is 85.2 cm³/mol. The first-order valence-corrected chi connectivity index (χ1v) is 6.66. The molecule has 0 saturated heterocycles. The third kappa shape index (κ3) is 3.52. The Labute approximate surface area is 128 Å². The molecule has 0 unspecified atom stereocenters. The molecule has 5 heteroatoms. The van der Waals surface area contributed by atoms with Gasteiger partial charge in [0.1, 0.15) is 11.5 Å². The molecule has 0 aromatic heterocycles. The lowest BCUT2D eigenvalue weighted by molar-refractivity contribution is 0.0952. The van der Waals surface area contributed by atoms with Crippen LogP contribution in [0.1, 0.15) is 21.5 Å². The molecule has 0 atom stereocenters. The van der Waals surface area contributed by atoms with Crippen LogP contribution >= 0.6 is 0 Å². The Hall–Kier alpha value is -3.08. The van der Waals surface area contributed by atoms with E-state index in [4.69, 9.17) is 0 Å². The van der Waals surface area contributed by atoms with Gasteiger partial charge in [-0.2, -0.15) is 5.10 Å². The highest BCUT2D eigenvalue weighted by Gasteiger charge is 2.09. The number of carbonyl (C=O) groups is 1. The number of hydrogen-bond donors (Lipinski definition) is 3. The van der Waals surface area contributed by atoms with Crippen molar-refractivity contribution in [1.82, 2.24) is 5.43 Å².